The van der Waals surface area contributed by atoms with Crippen molar-refractivity contribution in [2.45, 2.75) is 6.42 Å². The fourth-order valence-corrected chi connectivity index (χ4v) is 4.96. The molecule has 0 heterocycles. The molecule has 253 valence electrons. The Balaban J connectivity index is 0.000000196. The standard InChI is InChI=1S/C19H7BF7.C12F10/c21-10-3-1-2-7-6-8-13(12(7)10)17(25)19(27)18(26)14(8)20-9-4-5-11(22)16(24)15(9)23;13-3-1(4(14)8(18)11(21)7(3)17)2-5(15)9(19)12(22)10(20)6(2)16/h1-5H,6H2;. The molecule has 0 aromatic heterocycles. The van der Waals surface area contributed by atoms with Gasteiger partial charge in [0.25, 0.3) is 0 Å². The summed E-state index contributed by atoms with van der Waals surface area (Å²) in [7, 11) is 0.748. The quantitative estimate of drug-likeness (QED) is 0.0747. The van der Waals surface area contributed by atoms with Crippen LogP contribution in [0.5, 0.6) is 0 Å². The maximum absolute atomic E-state index is 14.4. The smallest absolute Gasteiger partial charge is 0.200 e. The third kappa shape index (κ3) is 5.55. The van der Waals surface area contributed by atoms with Crippen LogP contribution >= 0.6 is 0 Å². The molecule has 0 spiro atoms. The molecule has 0 bridgehead atoms. The lowest BCUT2D eigenvalue weighted by Crippen LogP contribution is -2.36. The number of hydrogen-bond donors (Lipinski definition) is 0. The molecule has 1 aliphatic carbocycles. The molecule has 0 saturated carbocycles. The fourth-order valence-electron chi connectivity index (χ4n) is 4.96. The van der Waals surface area contributed by atoms with Gasteiger partial charge in [-0.25, -0.2) is 74.6 Å². The Morgan fingerprint density at radius 2 is 0.776 bits per heavy atom. The summed E-state index contributed by atoms with van der Waals surface area (Å²) in [4.78, 5) is 0. The highest BCUT2D eigenvalue weighted by atomic mass is 19.2. The van der Waals surface area contributed by atoms with E-state index in [4.69, 9.17) is 0 Å². The SMILES string of the molecule is Fc1c(F)c(F)c(-c2c(F)c(F)c(F)c(F)c2F)c(F)c1F.Fc1ccc([B]c2c(F)c(F)c(F)c3c2Cc2cccc(F)c2-3)c(F)c1F. The Morgan fingerprint density at radius 1 is 0.347 bits per heavy atom. The van der Waals surface area contributed by atoms with Crippen LogP contribution in [-0.4, -0.2) is 7.28 Å². The normalized spacial score (nSPS) is 11.7. The van der Waals surface area contributed by atoms with E-state index in [9.17, 15) is 74.6 Å². The van der Waals surface area contributed by atoms with E-state index in [1.165, 1.54) is 12.1 Å². The van der Waals surface area contributed by atoms with Crippen LogP contribution in [0.3, 0.4) is 0 Å². The van der Waals surface area contributed by atoms with E-state index < -0.39 is 127 Å². The Morgan fingerprint density at radius 3 is 1.27 bits per heavy atom. The molecule has 5 aromatic carbocycles. The Labute approximate surface area is 262 Å². The second-order valence-electron chi connectivity index (χ2n) is 9.96. The maximum atomic E-state index is 14.4. The summed E-state index contributed by atoms with van der Waals surface area (Å²) in [6, 6.07) is 5.34. The minimum Gasteiger partial charge on any atom is -0.206 e. The molecular formula is C31H7BF17. The average Bonchev–Trinajstić information content (AvgIpc) is 3.48. The van der Waals surface area contributed by atoms with Crippen molar-refractivity contribution in [1.82, 2.24) is 0 Å². The zero-order valence-corrected chi connectivity index (χ0v) is 23.1. The first kappa shape index (κ1) is 35.3. The molecule has 0 fully saturated rings. The molecule has 18 heteroatoms. The van der Waals surface area contributed by atoms with Gasteiger partial charge in [-0.05, 0) is 40.6 Å². The first-order chi connectivity index (χ1) is 22.9. The van der Waals surface area contributed by atoms with Crippen LogP contribution in [0.15, 0.2) is 30.3 Å². The summed E-state index contributed by atoms with van der Waals surface area (Å²) >= 11 is 0. The van der Waals surface area contributed by atoms with Crippen molar-refractivity contribution in [3.05, 3.63) is 140 Å². The summed E-state index contributed by atoms with van der Waals surface area (Å²) in [5.41, 5.74) is -6.10. The predicted octanol–water partition coefficient (Wildman–Crippen LogP) is 8.63. The van der Waals surface area contributed by atoms with Gasteiger partial charge < -0.3 is 0 Å². The van der Waals surface area contributed by atoms with Gasteiger partial charge in [0.05, 0.1) is 11.1 Å². The third-order valence-electron chi connectivity index (χ3n) is 7.22. The maximum Gasteiger partial charge on any atom is 0.200 e. The van der Waals surface area contributed by atoms with E-state index in [-0.39, 0.29) is 17.5 Å². The van der Waals surface area contributed by atoms with Crippen molar-refractivity contribution in [3.8, 4) is 22.3 Å². The molecule has 0 nitrogen and oxygen atoms in total. The van der Waals surface area contributed by atoms with Crippen molar-refractivity contribution >= 4 is 18.2 Å². The van der Waals surface area contributed by atoms with Crippen LogP contribution in [0.1, 0.15) is 11.1 Å². The fraction of sp³-hybridized carbons (Fsp3) is 0.0323. The minimum absolute atomic E-state index is 0.101. The van der Waals surface area contributed by atoms with Gasteiger partial charge in [0.15, 0.2) is 88.7 Å². The van der Waals surface area contributed by atoms with Gasteiger partial charge in [0.1, 0.15) is 5.82 Å². The van der Waals surface area contributed by atoms with Crippen LogP contribution < -0.4 is 10.9 Å². The van der Waals surface area contributed by atoms with Crippen molar-refractivity contribution in [3.63, 3.8) is 0 Å². The predicted molar refractivity (Wildman–Crippen MR) is 137 cm³/mol. The largest absolute Gasteiger partial charge is 0.206 e. The lowest BCUT2D eigenvalue weighted by atomic mass is 9.61. The van der Waals surface area contributed by atoms with Gasteiger partial charge in [-0.3, -0.25) is 0 Å². The van der Waals surface area contributed by atoms with E-state index in [1.807, 2.05) is 0 Å². The molecule has 0 aliphatic heterocycles. The first-order valence-electron chi connectivity index (χ1n) is 12.9. The lowest BCUT2D eigenvalue weighted by Gasteiger charge is -2.13. The zero-order valence-electron chi connectivity index (χ0n) is 23.1. The summed E-state index contributed by atoms with van der Waals surface area (Å²) in [5.74, 6) is -37.3. The van der Waals surface area contributed by atoms with Crippen molar-refractivity contribution in [2.75, 3.05) is 0 Å². The van der Waals surface area contributed by atoms with Crippen LogP contribution in [0.25, 0.3) is 22.3 Å². The molecule has 1 aliphatic rings. The lowest BCUT2D eigenvalue weighted by molar-refractivity contribution is 0.370. The van der Waals surface area contributed by atoms with Crippen molar-refractivity contribution in [2.24, 2.45) is 0 Å². The molecule has 0 atom stereocenters. The zero-order chi connectivity index (χ0) is 36.4. The molecule has 5 aromatic rings. The summed E-state index contributed by atoms with van der Waals surface area (Å²) < 4.78 is 229. The average molecular weight is 713 g/mol. The molecule has 0 unspecified atom stereocenters. The van der Waals surface area contributed by atoms with Gasteiger partial charge in [0, 0.05) is 11.1 Å². The van der Waals surface area contributed by atoms with Gasteiger partial charge >= 0.3 is 0 Å². The van der Waals surface area contributed by atoms with E-state index >= 15 is 0 Å². The molecule has 1 radical (unpaired) electrons. The van der Waals surface area contributed by atoms with Crippen LogP contribution in [0, 0.1) is 98.9 Å². The Hall–Kier alpha value is -5.03. The van der Waals surface area contributed by atoms with Gasteiger partial charge in [-0.2, -0.15) is 0 Å². The van der Waals surface area contributed by atoms with E-state index in [0.717, 1.165) is 19.4 Å². The monoisotopic (exact) mass is 713 g/mol. The number of fused-ring (bicyclic) bond motifs is 3. The Bertz CT molecular complexity index is 2090. The molecule has 0 amide bonds. The van der Waals surface area contributed by atoms with Gasteiger partial charge in [-0.1, -0.05) is 18.2 Å². The highest BCUT2D eigenvalue weighted by Crippen LogP contribution is 2.41. The third-order valence-corrected chi connectivity index (χ3v) is 7.22. The summed E-state index contributed by atoms with van der Waals surface area (Å²) in [6.45, 7) is 0. The minimum atomic E-state index is -2.68. The van der Waals surface area contributed by atoms with Gasteiger partial charge in [0.2, 0.25) is 11.6 Å². The summed E-state index contributed by atoms with van der Waals surface area (Å²) in [5, 5.41) is 0. The van der Waals surface area contributed by atoms with E-state index in [2.05, 4.69) is 0 Å². The summed E-state index contributed by atoms with van der Waals surface area (Å²) in [6.07, 6.45) is -0.131. The second kappa shape index (κ2) is 12.8. The van der Waals surface area contributed by atoms with Crippen molar-refractivity contribution < 1.29 is 74.6 Å². The molecule has 6 rings (SSSR count). The Kier molecular flexibility index (Phi) is 9.20. The number of halogens is 17. The molecule has 49 heavy (non-hydrogen) atoms. The number of hydrogen-bond acceptors (Lipinski definition) is 0. The highest BCUT2D eigenvalue weighted by molar-refractivity contribution is 6.68. The highest BCUT2D eigenvalue weighted by Gasteiger charge is 2.35. The number of benzene rings is 5. The molecule has 0 N–H and O–H groups in total. The van der Waals surface area contributed by atoms with Gasteiger partial charge in [-0.15, -0.1) is 0 Å². The topological polar surface area (TPSA) is 0 Å². The first-order valence-corrected chi connectivity index (χ1v) is 12.9. The molecule has 0 saturated heterocycles. The van der Waals surface area contributed by atoms with E-state index in [0.29, 0.717) is 11.6 Å². The van der Waals surface area contributed by atoms with Crippen LogP contribution in [0.2, 0.25) is 0 Å². The van der Waals surface area contributed by atoms with Crippen LogP contribution in [0.4, 0.5) is 74.6 Å². The molecular weight excluding hydrogens is 706 g/mol. The van der Waals surface area contributed by atoms with Crippen LogP contribution in [-0.2, 0) is 6.42 Å². The second-order valence-corrected chi connectivity index (χ2v) is 9.96. The number of rotatable bonds is 3. The van der Waals surface area contributed by atoms with Crippen molar-refractivity contribution in [1.29, 1.82) is 0 Å². The van der Waals surface area contributed by atoms with E-state index in [1.54, 1.807) is 0 Å².